The average Bonchev–Trinajstić information content (AvgIpc) is 2.71. The van der Waals surface area contributed by atoms with Crippen molar-refractivity contribution in [3.05, 3.63) is 36.1 Å². The van der Waals surface area contributed by atoms with Gasteiger partial charge in [-0.15, -0.1) is 0 Å². The molecule has 4 nitrogen and oxygen atoms in total. The van der Waals surface area contributed by atoms with Crippen molar-refractivity contribution < 1.29 is 9.21 Å². The summed E-state index contributed by atoms with van der Waals surface area (Å²) >= 11 is 0. The molecule has 4 heteroatoms. The van der Waals surface area contributed by atoms with Crippen LogP contribution in [0.25, 0.3) is 11.0 Å². The summed E-state index contributed by atoms with van der Waals surface area (Å²) in [6, 6.07) is 9.85. The number of para-hydroxylation sites is 1. The van der Waals surface area contributed by atoms with E-state index in [4.69, 9.17) is 4.42 Å². The molecule has 0 saturated carbocycles. The van der Waals surface area contributed by atoms with Crippen LogP contribution in [0.15, 0.2) is 34.7 Å². The van der Waals surface area contributed by atoms with E-state index < -0.39 is 0 Å². The van der Waals surface area contributed by atoms with Crippen LogP contribution in [0.3, 0.4) is 0 Å². The monoisotopic (exact) mass is 232 g/mol. The summed E-state index contributed by atoms with van der Waals surface area (Å²) in [4.78, 5) is 12.9. The zero-order valence-corrected chi connectivity index (χ0v) is 10.1. The number of nitrogens with one attached hydrogen (secondary N) is 1. The molecule has 0 fully saturated rings. The fraction of sp³-hybridized carbons (Fsp3) is 0.308. The molecule has 0 saturated heterocycles. The van der Waals surface area contributed by atoms with Crippen LogP contribution in [-0.2, 0) is 11.3 Å². The Balaban J connectivity index is 1.93. The zero-order chi connectivity index (χ0) is 12.3. The van der Waals surface area contributed by atoms with E-state index >= 15 is 0 Å². The molecule has 0 bridgehead atoms. The van der Waals surface area contributed by atoms with Crippen LogP contribution in [0.2, 0.25) is 0 Å². The normalized spacial score (nSPS) is 10.7. The summed E-state index contributed by atoms with van der Waals surface area (Å²) in [5.74, 6) is 0.902. The second-order valence-corrected chi connectivity index (χ2v) is 4.14. The first-order valence-corrected chi connectivity index (χ1v) is 5.55. The van der Waals surface area contributed by atoms with Crippen LogP contribution >= 0.6 is 0 Å². The van der Waals surface area contributed by atoms with Gasteiger partial charge in [0.05, 0.1) is 13.1 Å². The third kappa shape index (κ3) is 2.85. The van der Waals surface area contributed by atoms with Gasteiger partial charge in [-0.05, 0) is 12.1 Å². The topological polar surface area (TPSA) is 45.5 Å². The van der Waals surface area contributed by atoms with Crippen molar-refractivity contribution >= 4 is 16.9 Å². The molecular formula is C13H16N2O2. The molecule has 1 heterocycles. The highest BCUT2D eigenvalue weighted by molar-refractivity contribution is 5.78. The van der Waals surface area contributed by atoms with Gasteiger partial charge in [0.25, 0.3) is 0 Å². The van der Waals surface area contributed by atoms with E-state index in [2.05, 4.69) is 5.32 Å². The molecule has 0 radical (unpaired) electrons. The zero-order valence-electron chi connectivity index (χ0n) is 10.1. The molecule has 0 aliphatic rings. The van der Waals surface area contributed by atoms with Gasteiger partial charge < -0.3 is 14.6 Å². The van der Waals surface area contributed by atoms with Gasteiger partial charge in [-0.2, -0.15) is 0 Å². The van der Waals surface area contributed by atoms with Crippen molar-refractivity contribution in [2.75, 3.05) is 20.6 Å². The number of likely N-dealkylation sites (N-methyl/N-ethyl adjacent to an activating group) is 1. The molecule has 1 amide bonds. The van der Waals surface area contributed by atoms with E-state index in [1.54, 1.807) is 19.0 Å². The minimum Gasteiger partial charge on any atom is -0.460 e. The largest absolute Gasteiger partial charge is 0.460 e. The Hall–Kier alpha value is -1.81. The van der Waals surface area contributed by atoms with Gasteiger partial charge in [0, 0.05) is 19.5 Å². The van der Waals surface area contributed by atoms with Crippen molar-refractivity contribution in [1.29, 1.82) is 0 Å². The molecule has 17 heavy (non-hydrogen) atoms. The van der Waals surface area contributed by atoms with E-state index in [1.807, 2.05) is 30.3 Å². The fourth-order valence-corrected chi connectivity index (χ4v) is 1.57. The lowest BCUT2D eigenvalue weighted by molar-refractivity contribution is -0.127. The quantitative estimate of drug-likeness (QED) is 0.871. The number of fused-ring (bicyclic) bond motifs is 1. The molecule has 1 N–H and O–H groups in total. The summed E-state index contributed by atoms with van der Waals surface area (Å²) in [6.45, 7) is 0.887. The average molecular weight is 232 g/mol. The van der Waals surface area contributed by atoms with Crippen LogP contribution in [0.4, 0.5) is 0 Å². The number of carbonyl (C=O) groups excluding carboxylic acids is 1. The number of amides is 1. The van der Waals surface area contributed by atoms with E-state index in [1.165, 1.54) is 0 Å². The van der Waals surface area contributed by atoms with Gasteiger partial charge in [-0.3, -0.25) is 4.79 Å². The molecule has 0 unspecified atom stereocenters. The maximum atomic E-state index is 11.3. The first-order valence-electron chi connectivity index (χ1n) is 5.55. The molecule has 2 aromatic rings. The summed E-state index contributed by atoms with van der Waals surface area (Å²) in [7, 11) is 3.48. The molecule has 2 rings (SSSR count). The highest BCUT2D eigenvalue weighted by atomic mass is 16.3. The summed E-state index contributed by atoms with van der Waals surface area (Å²) in [6.07, 6.45) is 0. The molecule has 0 aliphatic carbocycles. The Morgan fingerprint density at radius 1 is 1.35 bits per heavy atom. The highest BCUT2D eigenvalue weighted by Crippen LogP contribution is 2.18. The van der Waals surface area contributed by atoms with Crippen molar-refractivity contribution in [3.8, 4) is 0 Å². The third-order valence-electron chi connectivity index (χ3n) is 2.55. The maximum absolute atomic E-state index is 11.3. The lowest BCUT2D eigenvalue weighted by Crippen LogP contribution is -2.32. The van der Waals surface area contributed by atoms with Gasteiger partial charge in [-0.25, -0.2) is 0 Å². The van der Waals surface area contributed by atoms with Gasteiger partial charge in [0.1, 0.15) is 11.3 Å². The first-order chi connectivity index (χ1) is 8.16. The number of rotatable bonds is 4. The van der Waals surface area contributed by atoms with Gasteiger partial charge in [0.2, 0.25) is 5.91 Å². The standard InChI is InChI=1S/C13H16N2O2/c1-15(2)13(16)9-14-8-11-7-10-5-3-4-6-12(10)17-11/h3-7,14H,8-9H2,1-2H3. The summed E-state index contributed by atoms with van der Waals surface area (Å²) < 4.78 is 5.62. The number of hydrogen-bond donors (Lipinski definition) is 1. The second kappa shape index (κ2) is 5.01. The Bertz CT molecular complexity index is 484. The highest BCUT2D eigenvalue weighted by Gasteiger charge is 2.05. The minimum atomic E-state index is 0.0566. The van der Waals surface area contributed by atoms with Gasteiger partial charge in [0.15, 0.2) is 0 Å². The number of nitrogens with zero attached hydrogens (tertiary/aromatic N) is 1. The Morgan fingerprint density at radius 3 is 2.82 bits per heavy atom. The molecule has 0 spiro atoms. The van der Waals surface area contributed by atoms with E-state index in [-0.39, 0.29) is 5.91 Å². The van der Waals surface area contributed by atoms with Gasteiger partial charge in [-0.1, -0.05) is 18.2 Å². The molecule has 90 valence electrons. The predicted molar refractivity (Wildman–Crippen MR) is 66.6 cm³/mol. The molecule has 1 aromatic heterocycles. The number of carbonyl (C=O) groups is 1. The predicted octanol–water partition coefficient (Wildman–Crippen LogP) is 1.61. The van der Waals surface area contributed by atoms with E-state index in [0.717, 1.165) is 16.7 Å². The van der Waals surface area contributed by atoms with Crippen LogP contribution < -0.4 is 5.32 Å². The molecule has 0 aliphatic heterocycles. The fourth-order valence-electron chi connectivity index (χ4n) is 1.57. The van der Waals surface area contributed by atoms with Crippen LogP contribution in [0.1, 0.15) is 5.76 Å². The lowest BCUT2D eigenvalue weighted by Gasteiger charge is -2.09. The van der Waals surface area contributed by atoms with Crippen molar-refractivity contribution in [3.63, 3.8) is 0 Å². The van der Waals surface area contributed by atoms with Crippen LogP contribution in [-0.4, -0.2) is 31.4 Å². The Labute approximate surface area is 100 Å². The smallest absolute Gasteiger partial charge is 0.236 e. The van der Waals surface area contributed by atoms with E-state index in [0.29, 0.717) is 13.1 Å². The van der Waals surface area contributed by atoms with Crippen molar-refractivity contribution in [2.24, 2.45) is 0 Å². The summed E-state index contributed by atoms with van der Waals surface area (Å²) in [5.41, 5.74) is 0.878. The molecule has 0 atom stereocenters. The number of furan rings is 1. The minimum absolute atomic E-state index is 0.0566. The number of benzene rings is 1. The van der Waals surface area contributed by atoms with Crippen LogP contribution in [0.5, 0.6) is 0 Å². The van der Waals surface area contributed by atoms with Crippen LogP contribution in [0, 0.1) is 0 Å². The van der Waals surface area contributed by atoms with Gasteiger partial charge >= 0.3 is 0 Å². The SMILES string of the molecule is CN(C)C(=O)CNCc1cc2ccccc2o1. The van der Waals surface area contributed by atoms with E-state index in [9.17, 15) is 4.79 Å². The molecule has 1 aromatic carbocycles. The molecular weight excluding hydrogens is 216 g/mol. The van der Waals surface area contributed by atoms with Crippen molar-refractivity contribution in [2.45, 2.75) is 6.54 Å². The third-order valence-corrected chi connectivity index (χ3v) is 2.55. The summed E-state index contributed by atoms with van der Waals surface area (Å²) in [5, 5.41) is 4.15. The maximum Gasteiger partial charge on any atom is 0.236 e. The number of hydrogen-bond acceptors (Lipinski definition) is 3. The Kier molecular flexibility index (Phi) is 3.44. The van der Waals surface area contributed by atoms with Crippen molar-refractivity contribution in [1.82, 2.24) is 10.2 Å². The lowest BCUT2D eigenvalue weighted by atomic mass is 10.2. The Morgan fingerprint density at radius 2 is 2.12 bits per heavy atom. The second-order valence-electron chi connectivity index (χ2n) is 4.14. The first kappa shape index (κ1) is 11.7.